The zero-order valence-corrected chi connectivity index (χ0v) is 9.42. The largest absolute Gasteiger partial charge is 0.399 e. The highest BCUT2D eigenvalue weighted by Crippen LogP contribution is 2.26. The van der Waals surface area contributed by atoms with Gasteiger partial charge in [-0.15, -0.1) is 0 Å². The number of benzene rings is 2. The third-order valence-electron chi connectivity index (χ3n) is 2.81. The first-order chi connectivity index (χ1) is 7.58. The fourth-order valence-corrected chi connectivity index (χ4v) is 1.67. The minimum absolute atomic E-state index is 0.275. The lowest BCUT2D eigenvalue weighted by atomic mass is 10.00. The lowest BCUT2D eigenvalue weighted by Crippen LogP contribution is -1.90. The highest BCUT2D eigenvalue weighted by molar-refractivity contribution is 5.67. The van der Waals surface area contributed by atoms with E-state index in [1.54, 1.807) is 12.1 Å². The van der Waals surface area contributed by atoms with Crippen LogP contribution in [-0.2, 0) is 0 Å². The van der Waals surface area contributed by atoms with Crippen molar-refractivity contribution in [1.82, 2.24) is 0 Å². The molecule has 0 aliphatic heterocycles. The monoisotopic (exact) mass is 215 g/mol. The molecule has 0 atom stereocenters. The first-order valence-corrected chi connectivity index (χ1v) is 5.20. The van der Waals surface area contributed by atoms with Crippen LogP contribution in [0.2, 0.25) is 0 Å². The van der Waals surface area contributed by atoms with Crippen molar-refractivity contribution < 1.29 is 4.39 Å². The van der Waals surface area contributed by atoms with Crippen LogP contribution in [0, 0.1) is 19.7 Å². The van der Waals surface area contributed by atoms with Gasteiger partial charge in [0.15, 0.2) is 0 Å². The molecule has 2 aromatic rings. The second-order valence-corrected chi connectivity index (χ2v) is 4.04. The van der Waals surface area contributed by atoms with Gasteiger partial charge in [0.05, 0.1) is 0 Å². The summed E-state index contributed by atoms with van der Waals surface area (Å²) >= 11 is 0. The molecule has 0 saturated carbocycles. The molecule has 0 fully saturated rings. The van der Waals surface area contributed by atoms with Gasteiger partial charge in [-0.3, -0.25) is 0 Å². The van der Waals surface area contributed by atoms with E-state index in [0.29, 0.717) is 11.3 Å². The lowest BCUT2D eigenvalue weighted by Gasteiger charge is -2.07. The first kappa shape index (κ1) is 10.7. The van der Waals surface area contributed by atoms with Gasteiger partial charge in [0.1, 0.15) is 5.82 Å². The first-order valence-electron chi connectivity index (χ1n) is 5.20. The minimum Gasteiger partial charge on any atom is -0.399 e. The summed E-state index contributed by atoms with van der Waals surface area (Å²) in [6, 6.07) is 10.7. The van der Waals surface area contributed by atoms with E-state index in [4.69, 9.17) is 5.73 Å². The Balaban J connectivity index is 2.54. The van der Waals surface area contributed by atoms with Crippen molar-refractivity contribution >= 4 is 5.69 Å². The molecule has 2 aromatic carbocycles. The maximum atomic E-state index is 13.7. The number of hydrogen-bond donors (Lipinski definition) is 1. The molecule has 1 nitrogen and oxygen atoms in total. The Kier molecular flexibility index (Phi) is 2.65. The van der Waals surface area contributed by atoms with Gasteiger partial charge < -0.3 is 5.73 Å². The fourth-order valence-electron chi connectivity index (χ4n) is 1.67. The molecule has 0 saturated heterocycles. The summed E-state index contributed by atoms with van der Waals surface area (Å²) in [7, 11) is 0. The van der Waals surface area contributed by atoms with Crippen molar-refractivity contribution in [3.8, 4) is 11.1 Å². The minimum atomic E-state index is -0.275. The fraction of sp³-hybridized carbons (Fsp3) is 0.143. The highest BCUT2D eigenvalue weighted by Gasteiger charge is 2.05. The Bertz CT molecular complexity index is 532. The number of anilines is 1. The Morgan fingerprint density at radius 2 is 1.69 bits per heavy atom. The van der Waals surface area contributed by atoms with E-state index >= 15 is 0 Å². The average Bonchev–Trinajstić information content (AvgIpc) is 2.22. The molecule has 0 aliphatic rings. The van der Waals surface area contributed by atoms with Gasteiger partial charge in [-0.1, -0.05) is 18.2 Å². The van der Waals surface area contributed by atoms with Crippen LogP contribution in [0.15, 0.2) is 36.4 Å². The van der Waals surface area contributed by atoms with Crippen LogP contribution in [-0.4, -0.2) is 0 Å². The molecule has 0 aromatic heterocycles. The van der Waals surface area contributed by atoms with Gasteiger partial charge in [0, 0.05) is 11.3 Å². The van der Waals surface area contributed by atoms with E-state index in [0.717, 1.165) is 11.1 Å². The summed E-state index contributed by atoms with van der Waals surface area (Å²) in [5, 5.41) is 0. The molecule has 2 N–H and O–H groups in total. The Hall–Kier alpha value is -1.83. The van der Waals surface area contributed by atoms with Gasteiger partial charge in [0.2, 0.25) is 0 Å². The smallest absolute Gasteiger partial charge is 0.133 e. The molecule has 2 rings (SSSR count). The van der Waals surface area contributed by atoms with Gasteiger partial charge in [-0.2, -0.15) is 0 Å². The van der Waals surface area contributed by atoms with Crippen molar-refractivity contribution in [3.05, 3.63) is 53.3 Å². The van der Waals surface area contributed by atoms with Gasteiger partial charge in [0.25, 0.3) is 0 Å². The van der Waals surface area contributed by atoms with E-state index in [2.05, 4.69) is 0 Å². The van der Waals surface area contributed by atoms with E-state index in [1.807, 2.05) is 32.0 Å². The molecule has 82 valence electrons. The number of hydrogen-bond acceptors (Lipinski definition) is 1. The third-order valence-corrected chi connectivity index (χ3v) is 2.81. The second-order valence-electron chi connectivity index (χ2n) is 4.04. The Labute approximate surface area is 94.7 Å². The molecule has 0 bridgehead atoms. The Morgan fingerprint density at radius 1 is 0.938 bits per heavy atom. The van der Waals surface area contributed by atoms with Crippen molar-refractivity contribution in [2.24, 2.45) is 0 Å². The van der Waals surface area contributed by atoms with Crippen LogP contribution in [0.4, 0.5) is 10.1 Å². The summed E-state index contributed by atoms with van der Waals surface area (Å²) in [5.41, 5.74) is 9.82. The topological polar surface area (TPSA) is 26.0 Å². The predicted octanol–water partition coefficient (Wildman–Crippen LogP) is 3.69. The summed E-state index contributed by atoms with van der Waals surface area (Å²) in [4.78, 5) is 0. The van der Waals surface area contributed by atoms with Gasteiger partial charge in [-0.25, -0.2) is 4.39 Å². The van der Waals surface area contributed by atoms with E-state index < -0.39 is 0 Å². The molecule has 0 spiro atoms. The van der Waals surface area contributed by atoms with Crippen molar-refractivity contribution in [3.63, 3.8) is 0 Å². The van der Waals surface area contributed by atoms with Crippen LogP contribution < -0.4 is 5.73 Å². The van der Waals surface area contributed by atoms with Crippen LogP contribution in [0.1, 0.15) is 11.1 Å². The predicted molar refractivity (Wildman–Crippen MR) is 65.7 cm³/mol. The van der Waals surface area contributed by atoms with Gasteiger partial charge in [-0.05, 0) is 48.7 Å². The summed E-state index contributed by atoms with van der Waals surface area (Å²) < 4.78 is 13.7. The number of halogens is 1. The van der Waals surface area contributed by atoms with E-state index in [1.165, 1.54) is 11.6 Å². The molecule has 0 heterocycles. The van der Waals surface area contributed by atoms with Crippen molar-refractivity contribution in [2.45, 2.75) is 13.8 Å². The molecule has 0 amide bonds. The van der Waals surface area contributed by atoms with E-state index in [9.17, 15) is 4.39 Å². The number of aryl methyl sites for hydroxylation is 2. The summed E-state index contributed by atoms with van der Waals surface area (Å²) in [5.74, 6) is -0.275. The van der Waals surface area contributed by atoms with Crippen LogP contribution >= 0.6 is 0 Å². The maximum Gasteiger partial charge on any atom is 0.133 e. The zero-order chi connectivity index (χ0) is 11.7. The standard InChI is InChI=1S/C14H14FN/c1-9-3-4-11(7-10(9)2)13-6-5-12(16)8-14(13)15/h3-8H,16H2,1-2H3. The molecular formula is C14H14FN. The molecule has 16 heavy (non-hydrogen) atoms. The summed E-state index contributed by atoms with van der Waals surface area (Å²) in [6.45, 7) is 4.06. The molecule has 0 aliphatic carbocycles. The normalized spacial score (nSPS) is 10.4. The molecule has 2 heteroatoms. The third kappa shape index (κ3) is 1.91. The molecular weight excluding hydrogens is 201 g/mol. The number of nitrogen functional groups attached to an aromatic ring is 1. The number of nitrogens with two attached hydrogens (primary N) is 1. The average molecular weight is 215 g/mol. The number of rotatable bonds is 1. The highest BCUT2D eigenvalue weighted by atomic mass is 19.1. The van der Waals surface area contributed by atoms with Crippen molar-refractivity contribution in [2.75, 3.05) is 5.73 Å². The Morgan fingerprint density at radius 3 is 2.31 bits per heavy atom. The van der Waals surface area contributed by atoms with Crippen LogP contribution in [0.5, 0.6) is 0 Å². The summed E-state index contributed by atoms with van der Waals surface area (Å²) in [6.07, 6.45) is 0. The van der Waals surface area contributed by atoms with Crippen molar-refractivity contribution in [1.29, 1.82) is 0 Å². The zero-order valence-electron chi connectivity index (χ0n) is 9.42. The lowest BCUT2D eigenvalue weighted by molar-refractivity contribution is 0.632. The molecule has 0 unspecified atom stereocenters. The van der Waals surface area contributed by atoms with Crippen LogP contribution in [0.25, 0.3) is 11.1 Å². The maximum absolute atomic E-state index is 13.7. The second kappa shape index (κ2) is 3.97. The SMILES string of the molecule is Cc1ccc(-c2ccc(N)cc2F)cc1C. The van der Waals surface area contributed by atoms with Crippen LogP contribution in [0.3, 0.4) is 0 Å². The molecule has 0 radical (unpaired) electrons. The van der Waals surface area contributed by atoms with Gasteiger partial charge >= 0.3 is 0 Å². The quantitative estimate of drug-likeness (QED) is 0.721. The van der Waals surface area contributed by atoms with E-state index in [-0.39, 0.29) is 5.82 Å².